The van der Waals surface area contributed by atoms with Gasteiger partial charge in [0.2, 0.25) is 0 Å². The van der Waals surface area contributed by atoms with Crippen LogP contribution < -0.4 is 14.7 Å². The molecule has 0 N–H and O–H groups in total. The number of aromatic nitrogens is 2. The Morgan fingerprint density at radius 3 is 1.52 bits per heavy atom. The molecule has 2 aromatic heterocycles. The van der Waals surface area contributed by atoms with E-state index in [4.69, 9.17) is 4.98 Å². The van der Waals surface area contributed by atoms with Crippen molar-refractivity contribution < 1.29 is 0 Å². The third-order valence-electron chi connectivity index (χ3n) is 14.8. The van der Waals surface area contributed by atoms with Crippen LogP contribution in [0, 0.1) is 0 Å². The molecule has 0 saturated carbocycles. The molecule has 0 fully saturated rings. The van der Waals surface area contributed by atoms with Gasteiger partial charge in [0.25, 0.3) is 0 Å². The zero-order chi connectivity index (χ0) is 49.7. The molecule has 14 rings (SSSR count). The third-order valence-corrected chi connectivity index (χ3v) is 14.8. The number of pyridine rings is 1. The quantitative estimate of drug-likeness (QED) is 0.137. The van der Waals surface area contributed by atoms with E-state index >= 15 is 0 Å². The van der Waals surface area contributed by atoms with Gasteiger partial charge in [-0.1, -0.05) is 224 Å². The highest BCUT2D eigenvalue weighted by Gasteiger charge is 2.34. The fourth-order valence-electron chi connectivity index (χ4n) is 11.5. The number of anilines is 7. The average Bonchev–Trinajstić information content (AvgIpc) is 4.05. The van der Waals surface area contributed by atoms with Gasteiger partial charge < -0.3 is 14.7 Å². The van der Waals surface area contributed by atoms with E-state index in [2.05, 4.69) is 292 Å². The van der Waals surface area contributed by atoms with Gasteiger partial charge in [0.05, 0.1) is 33.8 Å². The SMILES string of the molecule is c1ccc(-c2cccc(-c3ccccc3)c2N2CN(c3cccc(N(c4ccc5c6ccccc6n(-c6ccccn6)c5c4)c4c(-c5ccccc5)cccc4-c4ccccc4)c3)c3ccc4ccccc4c32)cc1. The molecule has 75 heavy (non-hydrogen) atoms. The summed E-state index contributed by atoms with van der Waals surface area (Å²) in [5.74, 6) is 0.873. The number of hydrogen-bond donors (Lipinski definition) is 0. The molecule has 5 heteroatoms. The van der Waals surface area contributed by atoms with Gasteiger partial charge in [-0.3, -0.25) is 4.57 Å². The number of fused-ring (bicyclic) bond motifs is 6. The van der Waals surface area contributed by atoms with Gasteiger partial charge in [-0.2, -0.15) is 0 Å². The Bertz CT molecular complexity index is 4100. The standard InChI is InChI=1S/C70H49N5/c1-5-22-49(23-6-1)57-35-20-36-58(50-24-7-2-8-25-50)68(57)73-48-72(65-44-41-53-30-13-14-33-61(53)70(65)73)54-31-19-32-55(46-54)74(69-59(51-26-9-3-10-27-51)37-21-38-60(69)52-28-11-4-12-29-52)56-42-43-63-62-34-15-16-39-64(62)75(66(63)47-56)67-40-17-18-45-71-67/h1-47H,48H2. The summed E-state index contributed by atoms with van der Waals surface area (Å²) in [6.07, 6.45) is 1.88. The second-order valence-electron chi connectivity index (χ2n) is 19.1. The van der Waals surface area contributed by atoms with Gasteiger partial charge in [0.15, 0.2) is 0 Å². The monoisotopic (exact) mass is 959 g/mol. The zero-order valence-electron chi connectivity index (χ0n) is 41.1. The van der Waals surface area contributed by atoms with E-state index in [1.165, 1.54) is 55.2 Å². The first-order valence-electron chi connectivity index (χ1n) is 25.6. The Balaban J connectivity index is 1.01. The maximum absolute atomic E-state index is 4.93. The predicted octanol–water partition coefficient (Wildman–Crippen LogP) is 18.7. The molecule has 13 aromatic rings. The van der Waals surface area contributed by atoms with Gasteiger partial charge in [-0.25, -0.2) is 4.98 Å². The summed E-state index contributed by atoms with van der Waals surface area (Å²) in [5, 5.41) is 4.76. The molecule has 0 amide bonds. The average molecular weight is 960 g/mol. The van der Waals surface area contributed by atoms with Gasteiger partial charge in [-0.05, 0) is 82.2 Å². The lowest BCUT2D eigenvalue weighted by Crippen LogP contribution is -2.25. The van der Waals surface area contributed by atoms with E-state index in [0.717, 1.165) is 67.5 Å². The van der Waals surface area contributed by atoms with Crippen LogP contribution in [0.1, 0.15) is 0 Å². The van der Waals surface area contributed by atoms with E-state index in [9.17, 15) is 0 Å². The largest absolute Gasteiger partial charge is 0.321 e. The molecule has 354 valence electrons. The van der Waals surface area contributed by atoms with E-state index in [0.29, 0.717) is 6.67 Å². The summed E-state index contributed by atoms with van der Waals surface area (Å²) in [5.41, 5.74) is 19.2. The highest BCUT2D eigenvalue weighted by atomic mass is 15.4. The van der Waals surface area contributed by atoms with E-state index in [1.807, 2.05) is 12.3 Å². The van der Waals surface area contributed by atoms with E-state index in [-0.39, 0.29) is 0 Å². The Kier molecular flexibility index (Phi) is 10.8. The lowest BCUT2D eigenvalue weighted by molar-refractivity contribution is 0.993. The molecule has 0 radical (unpaired) electrons. The molecular weight excluding hydrogens is 911 g/mol. The maximum atomic E-state index is 4.93. The van der Waals surface area contributed by atoms with Crippen LogP contribution in [0.2, 0.25) is 0 Å². The van der Waals surface area contributed by atoms with E-state index in [1.54, 1.807) is 0 Å². The first-order valence-corrected chi connectivity index (χ1v) is 25.6. The lowest BCUT2D eigenvalue weighted by Gasteiger charge is -2.32. The fourth-order valence-corrected chi connectivity index (χ4v) is 11.5. The Morgan fingerprint density at radius 2 is 0.880 bits per heavy atom. The molecule has 0 unspecified atom stereocenters. The van der Waals surface area contributed by atoms with Crippen LogP contribution in [0.5, 0.6) is 0 Å². The summed E-state index contributed by atoms with van der Waals surface area (Å²) in [6, 6.07) is 101. The normalized spacial score (nSPS) is 12.2. The van der Waals surface area contributed by atoms with Crippen LogP contribution in [-0.4, -0.2) is 16.2 Å². The number of rotatable bonds is 10. The third kappa shape index (κ3) is 7.60. The number of nitrogens with zero attached hydrogens (tertiary/aromatic N) is 5. The van der Waals surface area contributed by atoms with Crippen molar-refractivity contribution >= 4 is 72.4 Å². The molecule has 0 bridgehead atoms. The molecule has 3 heterocycles. The van der Waals surface area contributed by atoms with Crippen LogP contribution in [0.15, 0.2) is 285 Å². The molecular formula is C70H49N5. The van der Waals surface area contributed by atoms with Crippen molar-refractivity contribution in [2.45, 2.75) is 0 Å². The topological polar surface area (TPSA) is 27.5 Å². The second-order valence-corrected chi connectivity index (χ2v) is 19.1. The molecule has 5 nitrogen and oxygen atoms in total. The van der Waals surface area contributed by atoms with Crippen LogP contribution in [0.25, 0.3) is 82.9 Å². The minimum atomic E-state index is 0.586. The van der Waals surface area contributed by atoms with Crippen LogP contribution in [-0.2, 0) is 0 Å². The predicted molar refractivity (Wildman–Crippen MR) is 315 cm³/mol. The maximum Gasteiger partial charge on any atom is 0.137 e. The van der Waals surface area contributed by atoms with E-state index < -0.39 is 0 Å². The second kappa shape index (κ2) is 18.6. The van der Waals surface area contributed by atoms with Crippen LogP contribution in [0.4, 0.5) is 39.8 Å². The highest BCUT2D eigenvalue weighted by Crippen LogP contribution is 2.54. The fraction of sp³-hybridized carbons (Fsp3) is 0.0143. The van der Waals surface area contributed by atoms with Gasteiger partial charge in [0.1, 0.15) is 12.5 Å². The number of benzene rings is 11. The minimum Gasteiger partial charge on any atom is -0.321 e. The smallest absolute Gasteiger partial charge is 0.137 e. The molecule has 11 aromatic carbocycles. The highest BCUT2D eigenvalue weighted by molar-refractivity contribution is 6.12. The molecule has 0 atom stereocenters. The van der Waals surface area contributed by atoms with Crippen molar-refractivity contribution in [2.24, 2.45) is 0 Å². The Labute approximate surface area is 436 Å². The summed E-state index contributed by atoms with van der Waals surface area (Å²) < 4.78 is 2.31. The minimum absolute atomic E-state index is 0.586. The van der Waals surface area contributed by atoms with Crippen molar-refractivity contribution in [3.63, 3.8) is 0 Å². The summed E-state index contributed by atoms with van der Waals surface area (Å²) in [7, 11) is 0. The summed E-state index contributed by atoms with van der Waals surface area (Å²) in [6.45, 7) is 0.586. The van der Waals surface area contributed by atoms with Gasteiger partial charge in [0, 0.05) is 61.7 Å². The van der Waals surface area contributed by atoms with Crippen molar-refractivity contribution in [3.8, 4) is 50.3 Å². The molecule has 1 aliphatic heterocycles. The van der Waals surface area contributed by atoms with Gasteiger partial charge in [-0.15, -0.1) is 0 Å². The van der Waals surface area contributed by atoms with Crippen LogP contribution in [0.3, 0.4) is 0 Å². The molecule has 0 aliphatic carbocycles. The van der Waals surface area contributed by atoms with Gasteiger partial charge >= 0.3 is 0 Å². The molecule has 1 aliphatic rings. The van der Waals surface area contributed by atoms with Crippen molar-refractivity contribution in [2.75, 3.05) is 21.4 Å². The van der Waals surface area contributed by atoms with Crippen molar-refractivity contribution in [1.82, 2.24) is 9.55 Å². The summed E-state index contributed by atoms with van der Waals surface area (Å²) >= 11 is 0. The lowest BCUT2D eigenvalue weighted by atomic mass is 9.94. The number of hydrogen-bond acceptors (Lipinski definition) is 4. The van der Waals surface area contributed by atoms with Crippen molar-refractivity contribution in [1.29, 1.82) is 0 Å². The van der Waals surface area contributed by atoms with Crippen LogP contribution >= 0.6 is 0 Å². The first-order chi connectivity index (χ1) is 37.2. The molecule has 0 saturated heterocycles. The number of para-hydroxylation sites is 3. The molecule has 0 spiro atoms. The zero-order valence-corrected chi connectivity index (χ0v) is 41.1. The Morgan fingerprint density at radius 1 is 0.347 bits per heavy atom. The summed E-state index contributed by atoms with van der Waals surface area (Å²) in [4.78, 5) is 12.5. The first kappa shape index (κ1) is 43.8. The van der Waals surface area contributed by atoms with Crippen molar-refractivity contribution in [3.05, 3.63) is 285 Å². The Hall–Kier alpha value is -9.97.